The molecule has 2 aromatic carbocycles. The number of fused-ring (bicyclic) bond motifs is 2. The molecule has 22 heavy (non-hydrogen) atoms. The summed E-state index contributed by atoms with van der Waals surface area (Å²) in [5.74, 6) is 0.109. The first-order chi connectivity index (χ1) is 10.6. The van der Waals surface area contributed by atoms with Gasteiger partial charge in [-0.05, 0) is 30.3 Å². The number of rotatable bonds is 3. The molecule has 0 fully saturated rings. The van der Waals surface area contributed by atoms with Crippen LogP contribution in [0.1, 0.15) is 6.42 Å². The molecule has 0 unspecified atom stereocenters. The lowest BCUT2D eigenvalue weighted by atomic mass is 10.2. The van der Waals surface area contributed by atoms with Crippen LogP contribution in [0.5, 0.6) is 0 Å². The van der Waals surface area contributed by atoms with E-state index in [1.807, 2.05) is 41.3 Å². The summed E-state index contributed by atoms with van der Waals surface area (Å²) in [6.45, 7) is 0.806. The van der Waals surface area contributed by atoms with Gasteiger partial charge in [-0.25, -0.2) is 0 Å². The molecule has 0 bridgehead atoms. The van der Waals surface area contributed by atoms with Crippen LogP contribution in [-0.2, 0) is 4.79 Å². The standard InChI is InChI=1S/C17H17ClN2OS/c1-19(2)10-9-17(21)20-13-5-3-4-6-15(13)22-16-8-7-12(18)11-14(16)20/h3-8,11H,9-10H2,1-2H3/p+1. The molecule has 0 saturated carbocycles. The topological polar surface area (TPSA) is 24.8 Å². The minimum absolute atomic E-state index is 0.109. The predicted octanol–water partition coefficient (Wildman–Crippen LogP) is 3.00. The maximum atomic E-state index is 12.8. The summed E-state index contributed by atoms with van der Waals surface area (Å²) in [6, 6.07) is 13.7. The first-order valence-corrected chi connectivity index (χ1v) is 8.44. The van der Waals surface area contributed by atoms with Gasteiger partial charge in [-0.15, -0.1) is 0 Å². The van der Waals surface area contributed by atoms with Crippen molar-refractivity contribution in [1.82, 2.24) is 0 Å². The largest absolute Gasteiger partial charge is 0.339 e. The van der Waals surface area contributed by atoms with Crippen LogP contribution in [0.2, 0.25) is 5.02 Å². The van der Waals surface area contributed by atoms with Crippen LogP contribution >= 0.6 is 23.4 Å². The summed E-state index contributed by atoms with van der Waals surface area (Å²) >= 11 is 7.83. The molecule has 0 saturated heterocycles. The van der Waals surface area contributed by atoms with Gasteiger partial charge in [0.15, 0.2) is 0 Å². The average molecular weight is 334 g/mol. The number of nitrogens with one attached hydrogen (secondary N) is 1. The highest BCUT2D eigenvalue weighted by Crippen LogP contribution is 2.48. The van der Waals surface area contributed by atoms with Crippen LogP contribution in [0.25, 0.3) is 0 Å². The number of hydrogen-bond acceptors (Lipinski definition) is 2. The van der Waals surface area contributed by atoms with Crippen LogP contribution in [0.4, 0.5) is 11.4 Å². The van der Waals surface area contributed by atoms with Crippen molar-refractivity contribution >= 4 is 40.6 Å². The lowest BCUT2D eigenvalue weighted by Crippen LogP contribution is -3.05. The fraction of sp³-hybridized carbons (Fsp3) is 0.235. The highest BCUT2D eigenvalue weighted by molar-refractivity contribution is 7.99. The highest BCUT2D eigenvalue weighted by atomic mass is 35.5. The second-order valence-electron chi connectivity index (χ2n) is 5.62. The number of benzene rings is 2. The number of halogens is 1. The van der Waals surface area contributed by atoms with Crippen molar-refractivity contribution in [1.29, 1.82) is 0 Å². The Labute approximate surface area is 139 Å². The van der Waals surface area contributed by atoms with E-state index in [4.69, 9.17) is 11.6 Å². The first-order valence-electron chi connectivity index (χ1n) is 7.24. The number of anilines is 2. The molecule has 3 rings (SSSR count). The van der Waals surface area contributed by atoms with Crippen molar-refractivity contribution in [2.75, 3.05) is 25.5 Å². The number of hydrogen-bond donors (Lipinski definition) is 1. The zero-order chi connectivity index (χ0) is 15.7. The Hall–Kier alpha value is -1.49. The monoisotopic (exact) mass is 333 g/mol. The zero-order valence-electron chi connectivity index (χ0n) is 12.6. The summed E-state index contributed by atoms with van der Waals surface area (Å²) in [6.07, 6.45) is 0.507. The lowest BCUT2D eigenvalue weighted by Gasteiger charge is -2.31. The predicted molar refractivity (Wildman–Crippen MR) is 91.5 cm³/mol. The highest BCUT2D eigenvalue weighted by Gasteiger charge is 2.28. The SMILES string of the molecule is C[NH+](C)CCC(=O)N1c2ccccc2Sc2ccc(Cl)cc21. The van der Waals surface area contributed by atoms with Gasteiger partial charge in [0, 0.05) is 14.8 Å². The van der Waals surface area contributed by atoms with Gasteiger partial charge in [-0.2, -0.15) is 0 Å². The smallest absolute Gasteiger partial charge is 0.237 e. The first kappa shape index (κ1) is 15.4. The molecule has 1 N–H and O–H groups in total. The minimum atomic E-state index is 0.109. The molecule has 5 heteroatoms. The Morgan fingerprint density at radius 2 is 1.86 bits per heavy atom. The molecule has 0 spiro atoms. The van der Waals surface area contributed by atoms with E-state index < -0.39 is 0 Å². The third-order valence-electron chi connectivity index (χ3n) is 3.58. The van der Waals surface area contributed by atoms with Crippen molar-refractivity contribution in [2.45, 2.75) is 16.2 Å². The van der Waals surface area contributed by atoms with Crippen LogP contribution < -0.4 is 9.80 Å². The lowest BCUT2D eigenvalue weighted by molar-refractivity contribution is -0.857. The van der Waals surface area contributed by atoms with Crippen LogP contribution in [0.15, 0.2) is 52.3 Å². The van der Waals surface area contributed by atoms with Crippen molar-refractivity contribution in [3.8, 4) is 0 Å². The Kier molecular flexibility index (Phi) is 4.43. The van der Waals surface area contributed by atoms with Crippen molar-refractivity contribution < 1.29 is 9.69 Å². The number of carbonyl (C=O) groups excluding carboxylic acids is 1. The summed E-state index contributed by atoms with van der Waals surface area (Å²) in [7, 11) is 4.11. The molecule has 1 aliphatic heterocycles. The molecule has 0 aromatic heterocycles. The van der Waals surface area contributed by atoms with E-state index in [2.05, 4.69) is 20.2 Å². The van der Waals surface area contributed by atoms with E-state index in [9.17, 15) is 4.79 Å². The number of nitrogens with zero attached hydrogens (tertiary/aromatic N) is 1. The Morgan fingerprint density at radius 1 is 1.14 bits per heavy atom. The molecule has 1 aliphatic rings. The molecule has 0 atom stereocenters. The summed E-state index contributed by atoms with van der Waals surface area (Å²) in [4.78, 5) is 18.0. The third kappa shape index (κ3) is 3.00. The molecule has 1 heterocycles. The second-order valence-corrected chi connectivity index (χ2v) is 7.14. The molecule has 114 valence electrons. The van der Waals surface area contributed by atoms with E-state index in [0.29, 0.717) is 11.4 Å². The summed E-state index contributed by atoms with van der Waals surface area (Å²) < 4.78 is 0. The summed E-state index contributed by atoms with van der Waals surface area (Å²) in [5, 5.41) is 0.648. The quantitative estimate of drug-likeness (QED) is 0.934. The van der Waals surface area contributed by atoms with Gasteiger partial charge in [0.2, 0.25) is 5.91 Å². The molecular formula is C17H18ClN2OS+. The number of carbonyl (C=O) groups is 1. The van der Waals surface area contributed by atoms with E-state index >= 15 is 0 Å². The number of amides is 1. The molecule has 3 nitrogen and oxygen atoms in total. The van der Waals surface area contributed by atoms with Gasteiger partial charge >= 0.3 is 0 Å². The third-order valence-corrected chi connectivity index (χ3v) is 4.94. The van der Waals surface area contributed by atoms with E-state index in [0.717, 1.165) is 27.7 Å². The Bertz CT molecular complexity index is 718. The molecule has 1 amide bonds. The van der Waals surface area contributed by atoms with E-state index in [1.165, 1.54) is 4.90 Å². The van der Waals surface area contributed by atoms with Gasteiger partial charge in [-0.1, -0.05) is 35.5 Å². The number of quaternary nitrogens is 1. The molecule has 0 radical (unpaired) electrons. The average Bonchev–Trinajstić information content (AvgIpc) is 2.50. The van der Waals surface area contributed by atoms with Gasteiger partial charge in [0.05, 0.1) is 38.4 Å². The zero-order valence-corrected chi connectivity index (χ0v) is 14.2. The molecule has 2 aromatic rings. The van der Waals surface area contributed by atoms with Crippen molar-refractivity contribution in [2.24, 2.45) is 0 Å². The number of para-hydroxylation sites is 1. The van der Waals surface area contributed by atoms with Gasteiger partial charge < -0.3 is 4.90 Å². The molecular weight excluding hydrogens is 316 g/mol. The van der Waals surface area contributed by atoms with E-state index in [-0.39, 0.29) is 5.91 Å². The van der Waals surface area contributed by atoms with Gasteiger partial charge in [0.25, 0.3) is 0 Å². The second kappa shape index (κ2) is 6.32. The van der Waals surface area contributed by atoms with Crippen LogP contribution in [0.3, 0.4) is 0 Å². The maximum absolute atomic E-state index is 12.8. The Balaban J connectivity index is 2.04. The van der Waals surface area contributed by atoms with E-state index in [1.54, 1.807) is 11.8 Å². The van der Waals surface area contributed by atoms with Crippen LogP contribution in [0, 0.1) is 0 Å². The Morgan fingerprint density at radius 3 is 2.64 bits per heavy atom. The van der Waals surface area contributed by atoms with Crippen molar-refractivity contribution in [3.05, 3.63) is 47.5 Å². The van der Waals surface area contributed by atoms with Gasteiger partial charge in [0.1, 0.15) is 0 Å². The fourth-order valence-electron chi connectivity index (χ4n) is 2.47. The molecule has 0 aliphatic carbocycles. The minimum Gasteiger partial charge on any atom is -0.339 e. The normalized spacial score (nSPS) is 13.0. The fourth-order valence-corrected chi connectivity index (χ4v) is 3.67. The summed E-state index contributed by atoms with van der Waals surface area (Å²) in [5.41, 5.74) is 1.83. The van der Waals surface area contributed by atoms with Crippen molar-refractivity contribution in [3.63, 3.8) is 0 Å². The maximum Gasteiger partial charge on any atom is 0.237 e. The van der Waals surface area contributed by atoms with Crippen LogP contribution in [-0.4, -0.2) is 26.5 Å². The van der Waals surface area contributed by atoms with Gasteiger partial charge in [-0.3, -0.25) is 9.69 Å².